The van der Waals surface area contributed by atoms with Crippen LogP contribution in [0.15, 0.2) is 23.2 Å². The third-order valence-electron chi connectivity index (χ3n) is 4.93. The van der Waals surface area contributed by atoms with Crippen LogP contribution in [0.2, 0.25) is 0 Å². The second kappa shape index (κ2) is 10.9. The van der Waals surface area contributed by atoms with Gasteiger partial charge in [-0.25, -0.2) is 4.98 Å². The Hall–Kier alpha value is -1.75. The number of aliphatic imine (C=N–C) groups is 1. The van der Waals surface area contributed by atoms with E-state index in [0.717, 1.165) is 53.4 Å². The first-order valence-corrected chi connectivity index (χ1v) is 10.2. The molecule has 2 heterocycles. The van der Waals surface area contributed by atoms with Crippen molar-refractivity contribution in [3.05, 3.63) is 33.8 Å². The summed E-state index contributed by atoms with van der Waals surface area (Å²) in [6, 6.07) is 6.31. The highest BCUT2D eigenvalue weighted by molar-refractivity contribution is 14.0. The summed E-state index contributed by atoms with van der Waals surface area (Å²) in [6.07, 6.45) is 1.04. The van der Waals surface area contributed by atoms with E-state index in [2.05, 4.69) is 32.4 Å². The molecule has 1 atom stereocenters. The summed E-state index contributed by atoms with van der Waals surface area (Å²) >= 11 is 1.73. The SMILES string of the molecule is CN=C(NCc1nc(C)c(C)s1)NC1CCN(c2cc(OC)cc(OC)c2)C1.I. The minimum Gasteiger partial charge on any atom is -0.497 e. The fraction of sp³-hybridized carbons (Fsp3) is 0.500. The summed E-state index contributed by atoms with van der Waals surface area (Å²) in [5.41, 5.74) is 2.21. The summed E-state index contributed by atoms with van der Waals surface area (Å²) in [4.78, 5) is 12.5. The highest BCUT2D eigenvalue weighted by Crippen LogP contribution is 2.30. The molecule has 2 aromatic rings. The lowest BCUT2D eigenvalue weighted by molar-refractivity contribution is 0.394. The molecule has 1 aliphatic rings. The second-order valence-electron chi connectivity index (χ2n) is 6.82. The molecule has 1 saturated heterocycles. The smallest absolute Gasteiger partial charge is 0.191 e. The molecule has 1 unspecified atom stereocenters. The molecule has 1 aromatic heterocycles. The van der Waals surface area contributed by atoms with Gasteiger partial charge in [-0.1, -0.05) is 0 Å². The number of anilines is 1. The Morgan fingerprint density at radius 1 is 1.24 bits per heavy atom. The quantitative estimate of drug-likeness (QED) is 0.339. The third kappa shape index (κ3) is 6.11. The Labute approximate surface area is 193 Å². The molecule has 7 nitrogen and oxygen atoms in total. The van der Waals surface area contributed by atoms with Crippen LogP contribution < -0.4 is 25.0 Å². The lowest BCUT2D eigenvalue weighted by Gasteiger charge is -2.21. The van der Waals surface area contributed by atoms with Gasteiger partial charge in [0.2, 0.25) is 0 Å². The van der Waals surface area contributed by atoms with Crippen molar-refractivity contribution >= 4 is 47.0 Å². The zero-order valence-corrected chi connectivity index (χ0v) is 20.8. The predicted molar refractivity (Wildman–Crippen MR) is 131 cm³/mol. The van der Waals surface area contributed by atoms with Crippen LogP contribution in [0.4, 0.5) is 5.69 Å². The molecular formula is C20H30IN5O2S. The van der Waals surface area contributed by atoms with Crippen LogP contribution in [0.3, 0.4) is 0 Å². The van der Waals surface area contributed by atoms with Crippen molar-refractivity contribution in [2.75, 3.05) is 39.3 Å². The topological polar surface area (TPSA) is 71.0 Å². The summed E-state index contributed by atoms with van der Waals surface area (Å²) in [7, 11) is 5.15. The number of ether oxygens (including phenoxy) is 2. The largest absolute Gasteiger partial charge is 0.497 e. The molecule has 3 rings (SSSR count). The standard InChI is InChI=1S/C20H29N5O2S.HI/c1-13-14(2)28-19(23-13)11-22-20(21-3)24-15-6-7-25(12-15)16-8-17(26-4)10-18(9-16)27-5;/h8-10,15H,6-7,11-12H2,1-5H3,(H2,21,22,24);1H. The molecule has 0 amide bonds. The van der Waals surface area contributed by atoms with Crippen molar-refractivity contribution in [3.63, 3.8) is 0 Å². The Kier molecular flexibility index (Phi) is 8.81. The molecule has 1 aromatic carbocycles. The molecular weight excluding hydrogens is 501 g/mol. The number of nitrogens with zero attached hydrogens (tertiary/aromatic N) is 3. The van der Waals surface area contributed by atoms with Crippen molar-refractivity contribution in [2.45, 2.75) is 32.9 Å². The number of hydrogen-bond donors (Lipinski definition) is 2. The van der Waals surface area contributed by atoms with Crippen molar-refractivity contribution in [1.82, 2.24) is 15.6 Å². The number of rotatable bonds is 6. The van der Waals surface area contributed by atoms with Gasteiger partial charge in [-0.2, -0.15) is 0 Å². The third-order valence-corrected chi connectivity index (χ3v) is 6.01. The van der Waals surface area contributed by atoms with Crippen LogP contribution in [0, 0.1) is 13.8 Å². The number of benzene rings is 1. The first-order chi connectivity index (χ1) is 13.5. The van der Waals surface area contributed by atoms with Crippen LogP contribution in [0.5, 0.6) is 11.5 Å². The number of guanidine groups is 1. The van der Waals surface area contributed by atoms with Crippen LogP contribution in [-0.4, -0.2) is 51.3 Å². The van der Waals surface area contributed by atoms with Crippen LogP contribution in [-0.2, 0) is 6.54 Å². The second-order valence-corrected chi connectivity index (χ2v) is 8.11. The number of methoxy groups -OCH3 is 2. The number of thiazole rings is 1. The molecule has 9 heteroatoms. The maximum atomic E-state index is 5.39. The average molecular weight is 531 g/mol. The van der Waals surface area contributed by atoms with Gasteiger partial charge >= 0.3 is 0 Å². The van der Waals surface area contributed by atoms with Crippen molar-refractivity contribution in [2.24, 2.45) is 4.99 Å². The predicted octanol–water partition coefficient (Wildman–Crippen LogP) is 3.34. The van der Waals surface area contributed by atoms with Crippen molar-refractivity contribution in [3.8, 4) is 11.5 Å². The highest BCUT2D eigenvalue weighted by Gasteiger charge is 2.24. The van der Waals surface area contributed by atoms with E-state index < -0.39 is 0 Å². The van der Waals surface area contributed by atoms with E-state index in [1.54, 1.807) is 32.6 Å². The van der Waals surface area contributed by atoms with Gasteiger partial charge < -0.3 is 25.0 Å². The van der Waals surface area contributed by atoms with Gasteiger partial charge in [-0.15, -0.1) is 35.3 Å². The van der Waals surface area contributed by atoms with E-state index in [-0.39, 0.29) is 24.0 Å². The fourth-order valence-electron chi connectivity index (χ4n) is 3.25. The first-order valence-electron chi connectivity index (χ1n) is 9.40. The van der Waals surface area contributed by atoms with Gasteiger partial charge in [-0.05, 0) is 20.3 Å². The molecule has 2 N–H and O–H groups in total. The van der Waals surface area contributed by atoms with Gasteiger partial charge in [0.25, 0.3) is 0 Å². The molecule has 0 radical (unpaired) electrons. The van der Waals surface area contributed by atoms with Crippen LogP contribution in [0.25, 0.3) is 0 Å². The number of aromatic nitrogens is 1. The van der Waals surface area contributed by atoms with Gasteiger partial charge in [0.05, 0.1) is 26.5 Å². The minimum atomic E-state index is 0. The summed E-state index contributed by atoms with van der Waals surface area (Å²) in [6.45, 7) is 6.69. The molecule has 0 saturated carbocycles. The Morgan fingerprint density at radius 3 is 2.48 bits per heavy atom. The molecule has 0 aliphatic carbocycles. The maximum Gasteiger partial charge on any atom is 0.191 e. The molecule has 160 valence electrons. The summed E-state index contributed by atoms with van der Waals surface area (Å²) in [5.74, 6) is 2.41. The molecule has 29 heavy (non-hydrogen) atoms. The first kappa shape index (κ1) is 23.5. The summed E-state index contributed by atoms with van der Waals surface area (Å²) in [5, 5.41) is 7.98. The van der Waals surface area contributed by atoms with Crippen molar-refractivity contribution in [1.29, 1.82) is 0 Å². The minimum absolute atomic E-state index is 0. The zero-order valence-electron chi connectivity index (χ0n) is 17.6. The Balaban J connectivity index is 0.00000300. The zero-order chi connectivity index (χ0) is 20.1. The van der Waals surface area contributed by atoms with E-state index in [1.807, 2.05) is 25.1 Å². The van der Waals surface area contributed by atoms with Gasteiger partial charge in [0.1, 0.15) is 16.5 Å². The molecule has 1 fully saturated rings. The fourth-order valence-corrected chi connectivity index (χ4v) is 4.12. The molecule has 1 aliphatic heterocycles. The maximum absolute atomic E-state index is 5.39. The van der Waals surface area contributed by atoms with Gasteiger partial charge in [0, 0.05) is 54.9 Å². The Bertz CT molecular complexity index is 801. The van der Waals surface area contributed by atoms with E-state index >= 15 is 0 Å². The lowest BCUT2D eigenvalue weighted by atomic mass is 10.2. The monoisotopic (exact) mass is 531 g/mol. The van der Waals surface area contributed by atoms with Crippen LogP contribution >= 0.6 is 35.3 Å². The number of hydrogen-bond acceptors (Lipinski definition) is 6. The molecule has 0 spiro atoms. The summed E-state index contributed by atoms with van der Waals surface area (Å²) < 4.78 is 10.8. The van der Waals surface area contributed by atoms with E-state index in [9.17, 15) is 0 Å². The van der Waals surface area contributed by atoms with Gasteiger partial charge in [-0.3, -0.25) is 4.99 Å². The van der Waals surface area contributed by atoms with E-state index in [4.69, 9.17) is 9.47 Å². The Morgan fingerprint density at radius 2 is 1.93 bits per heavy atom. The normalized spacial score (nSPS) is 16.4. The number of halogens is 1. The number of aryl methyl sites for hydroxylation is 2. The average Bonchev–Trinajstić information content (AvgIpc) is 3.31. The lowest BCUT2D eigenvalue weighted by Crippen LogP contribution is -2.44. The highest BCUT2D eigenvalue weighted by atomic mass is 127. The van der Waals surface area contributed by atoms with Crippen molar-refractivity contribution < 1.29 is 9.47 Å². The van der Waals surface area contributed by atoms with Gasteiger partial charge in [0.15, 0.2) is 5.96 Å². The van der Waals surface area contributed by atoms with E-state index in [1.165, 1.54) is 4.88 Å². The number of nitrogens with one attached hydrogen (secondary N) is 2. The van der Waals surface area contributed by atoms with Crippen LogP contribution in [0.1, 0.15) is 22.0 Å². The van der Waals surface area contributed by atoms with E-state index in [0.29, 0.717) is 12.6 Å². The molecule has 0 bridgehead atoms.